The summed E-state index contributed by atoms with van der Waals surface area (Å²) in [5.74, 6) is 0.0296. The van der Waals surface area contributed by atoms with Crippen molar-refractivity contribution >= 4 is 45.8 Å². The van der Waals surface area contributed by atoms with Gasteiger partial charge in [-0.2, -0.15) is 5.10 Å². The van der Waals surface area contributed by atoms with Gasteiger partial charge < -0.3 is 5.73 Å². The number of hydrogen-bond acceptors (Lipinski definition) is 4. The lowest BCUT2D eigenvalue weighted by Gasteiger charge is -2.32. The number of carbonyl (C=O) groups is 1. The Hall–Kier alpha value is -3.24. The van der Waals surface area contributed by atoms with Crippen molar-refractivity contribution in [2.75, 3.05) is 0 Å². The number of nitrogens with zero attached hydrogens (tertiary/aromatic N) is 4. The Kier molecular flexibility index (Phi) is 8.56. The number of fused-ring (bicyclic) bond motifs is 1. The monoisotopic (exact) mass is 667 g/mol. The molecule has 1 amide bonds. The van der Waals surface area contributed by atoms with Gasteiger partial charge in [0.15, 0.2) is 5.82 Å². The first-order valence-electron chi connectivity index (χ1n) is 13.4. The Morgan fingerprint density at radius 2 is 1.90 bits per heavy atom. The number of halogens is 2. The first kappa shape index (κ1) is 28.3. The molecule has 9 heteroatoms. The summed E-state index contributed by atoms with van der Waals surface area (Å²) in [5.41, 5.74) is 10.4. The molecule has 0 saturated carbocycles. The highest BCUT2D eigenvalue weighted by Crippen LogP contribution is 2.44. The molecule has 0 fully saturated rings. The molecule has 0 spiro atoms. The van der Waals surface area contributed by atoms with E-state index in [0.29, 0.717) is 17.4 Å². The maximum Gasteiger partial charge on any atom is 0.346 e. The van der Waals surface area contributed by atoms with Gasteiger partial charge in [0.05, 0.1) is 18.8 Å². The number of amides is 1. The topological polar surface area (TPSA) is 95.3 Å². The lowest BCUT2D eigenvalue weighted by molar-refractivity contribution is -0.118. The van der Waals surface area contributed by atoms with Gasteiger partial charge in [-0.3, -0.25) is 14.4 Å². The van der Waals surface area contributed by atoms with Crippen LogP contribution in [-0.4, -0.2) is 26.0 Å². The number of carbonyl (C=O) groups excluding carboxylic acids is 1. The number of aryl methyl sites for hydroxylation is 1. The molecule has 2 N–H and O–H groups in total. The third kappa shape index (κ3) is 5.78. The summed E-state index contributed by atoms with van der Waals surface area (Å²) < 4.78 is 4.05. The Morgan fingerprint density at radius 1 is 1.12 bits per heavy atom. The molecule has 4 aromatic rings. The molecule has 40 heavy (non-hydrogen) atoms. The van der Waals surface area contributed by atoms with Crippen molar-refractivity contribution in [2.45, 2.75) is 57.7 Å². The molecular formula is C31H31ClIN5O2. The van der Waals surface area contributed by atoms with Gasteiger partial charge in [-0.15, -0.1) is 0 Å². The van der Waals surface area contributed by atoms with E-state index < -0.39 is 5.91 Å². The molecule has 0 radical (unpaired) electrons. The molecule has 1 atom stereocenters. The largest absolute Gasteiger partial charge is 0.370 e. The van der Waals surface area contributed by atoms with Gasteiger partial charge in [0.1, 0.15) is 0 Å². The van der Waals surface area contributed by atoms with Crippen molar-refractivity contribution in [1.82, 2.24) is 14.3 Å². The van der Waals surface area contributed by atoms with E-state index in [4.69, 9.17) is 27.4 Å². The molecule has 0 saturated heterocycles. The van der Waals surface area contributed by atoms with E-state index in [1.165, 1.54) is 20.4 Å². The second-order valence-electron chi connectivity index (χ2n) is 10.1. The number of rotatable bonds is 10. The fourth-order valence-corrected chi connectivity index (χ4v) is 6.44. The number of aliphatic imine (C=N–C) groups is 1. The van der Waals surface area contributed by atoms with Gasteiger partial charge >= 0.3 is 5.69 Å². The van der Waals surface area contributed by atoms with Crippen molar-refractivity contribution in [3.63, 3.8) is 0 Å². The Morgan fingerprint density at radius 3 is 2.62 bits per heavy atom. The quantitative estimate of drug-likeness (QED) is 0.179. The molecule has 1 aliphatic carbocycles. The molecule has 0 unspecified atom stereocenters. The summed E-state index contributed by atoms with van der Waals surface area (Å²) in [5, 5.41) is 5.36. The SMILES string of the molecule is CC[C@]1(/C(=N\Cc2nn(Cc3cccc(I)c3)c(=O)n2CCC(N)=O)c2ccc(Cl)cc2)CCc2ccccc21. The summed E-state index contributed by atoms with van der Waals surface area (Å²) in [4.78, 5) is 30.3. The average molecular weight is 668 g/mol. The average Bonchev–Trinajstić information content (AvgIpc) is 3.46. The zero-order valence-corrected chi connectivity index (χ0v) is 25.2. The number of benzene rings is 3. The zero-order valence-electron chi connectivity index (χ0n) is 22.3. The Balaban J connectivity index is 1.59. The van der Waals surface area contributed by atoms with Crippen LogP contribution in [0.5, 0.6) is 0 Å². The predicted octanol–water partition coefficient (Wildman–Crippen LogP) is 5.51. The normalized spacial score (nSPS) is 16.7. The number of aromatic nitrogens is 3. The maximum absolute atomic E-state index is 13.4. The minimum absolute atomic E-state index is 0.0435. The van der Waals surface area contributed by atoms with Gasteiger partial charge in [0, 0.05) is 27.0 Å². The standard InChI is InChI=1S/C31H31ClIN5O2/c1-2-31(16-14-22-7-3-4-9-26(22)31)29(23-10-12-24(32)13-11-23)35-19-28-36-38(20-21-6-5-8-25(33)18-21)30(40)37(28)17-15-27(34)39/h3-13,18H,2,14-17,19-20H2,1H3,(H2,34,39)/b35-29-/t31-/m0/s1. The predicted molar refractivity (Wildman–Crippen MR) is 167 cm³/mol. The van der Waals surface area contributed by atoms with Crippen LogP contribution in [0, 0.1) is 3.57 Å². The minimum atomic E-state index is -0.471. The lowest BCUT2D eigenvalue weighted by Crippen LogP contribution is -2.34. The van der Waals surface area contributed by atoms with Crippen LogP contribution in [0.25, 0.3) is 0 Å². The highest BCUT2D eigenvalue weighted by Gasteiger charge is 2.42. The van der Waals surface area contributed by atoms with Crippen LogP contribution in [0.3, 0.4) is 0 Å². The molecular weight excluding hydrogens is 637 g/mol. The third-order valence-electron chi connectivity index (χ3n) is 7.71. The summed E-state index contributed by atoms with van der Waals surface area (Å²) in [6.45, 7) is 2.87. The van der Waals surface area contributed by atoms with E-state index >= 15 is 0 Å². The fourth-order valence-electron chi connectivity index (χ4n) is 5.71. The first-order chi connectivity index (χ1) is 19.3. The van der Waals surface area contributed by atoms with Crippen LogP contribution >= 0.6 is 34.2 Å². The molecule has 7 nitrogen and oxygen atoms in total. The van der Waals surface area contributed by atoms with Gasteiger partial charge in [-0.25, -0.2) is 9.48 Å². The molecule has 3 aromatic carbocycles. The van der Waals surface area contributed by atoms with Crippen LogP contribution in [0.4, 0.5) is 0 Å². The van der Waals surface area contributed by atoms with Crippen LogP contribution in [0.15, 0.2) is 82.6 Å². The highest BCUT2D eigenvalue weighted by atomic mass is 127. The lowest BCUT2D eigenvalue weighted by atomic mass is 9.72. The summed E-state index contributed by atoms with van der Waals surface area (Å²) in [7, 11) is 0. The van der Waals surface area contributed by atoms with Crippen molar-refractivity contribution in [2.24, 2.45) is 10.7 Å². The van der Waals surface area contributed by atoms with Gasteiger partial charge in [-0.05, 0) is 88.4 Å². The summed E-state index contributed by atoms with van der Waals surface area (Å²) in [6.07, 6.45) is 2.84. The van der Waals surface area contributed by atoms with Crippen molar-refractivity contribution in [3.8, 4) is 0 Å². The molecule has 1 heterocycles. The van der Waals surface area contributed by atoms with E-state index in [1.54, 1.807) is 0 Å². The van der Waals surface area contributed by atoms with E-state index in [2.05, 4.69) is 53.8 Å². The van der Waals surface area contributed by atoms with Crippen LogP contribution in [0.1, 0.15) is 54.3 Å². The van der Waals surface area contributed by atoms with E-state index in [9.17, 15) is 9.59 Å². The van der Waals surface area contributed by atoms with Gasteiger partial charge in [0.2, 0.25) is 5.91 Å². The Labute approximate surface area is 252 Å². The van der Waals surface area contributed by atoms with Crippen LogP contribution < -0.4 is 11.4 Å². The minimum Gasteiger partial charge on any atom is -0.370 e. The van der Waals surface area contributed by atoms with E-state index in [-0.39, 0.29) is 30.6 Å². The Bertz CT molecular complexity index is 1630. The number of primary amides is 1. The zero-order chi connectivity index (χ0) is 28.3. The van der Waals surface area contributed by atoms with Crippen molar-refractivity contribution in [3.05, 3.63) is 120 Å². The summed E-state index contributed by atoms with van der Waals surface area (Å²) >= 11 is 8.50. The molecule has 0 bridgehead atoms. The van der Waals surface area contributed by atoms with Crippen LogP contribution in [-0.2, 0) is 36.3 Å². The molecule has 1 aliphatic rings. The number of hydrogen-bond donors (Lipinski definition) is 1. The second-order valence-corrected chi connectivity index (χ2v) is 11.8. The second kappa shape index (κ2) is 12.1. The maximum atomic E-state index is 13.4. The van der Waals surface area contributed by atoms with Gasteiger partial charge in [-0.1, -0.05) is 67.1 Å². The fraction of sp³-hybridized carbons (Fsp3) is 0.290. The smallest absolute Gasteiger partial charge is 0.346 e. The van der Waals surface area contributed by atoms with Gasteiger partial charge in [0.25, 0.3) is 0 Å². The molecule has 206 valence electrons. The van der Waals surface area contributed by atoms with Crippen molar-refractivity contribution < 1.29 is 4.79 Å². The molecule has 0 aliphatic heterocycles. The van der Waals surface area contributed by atoms with Crippen molar-refractivity contribution in [1.29, 1.82) is 0 Å². The van der Waals surface area contributed by atoms with E-state index in [0.717, 1.165) is 39.7 Å². The number of nitrogens with two attached hydrogens (primary N) is 1. The highest BCUT2D eigenvalue weighted by molar-refractivity contribution is 14.1. The molecule has 1 aromatic heterocycles. The third-order valence-corrected chi connectivity index (χ3v) is 8.63. The molecule has 5 rings (SSSR count). The van der Waals surface area contributed by atoms with Crippen LogP contribution in [0.2, 0.25) is 5.02 Å². The first-order valence-corrected chi connectivity index (χ1v) is 14.8. The van der Waals surface area contributed by atoms with E-state index in [1.807, 2.05) is 48.5 Å². The summed E-state index contributed by atoms with van der Waals surface area (Å²) in [6, 6.07) is 24.3.